The zero-order valence-corrected chi connectivity index (χ0v) is 21.6. The van der Waals surface area contributed by atoms with Crippen LogP contribution in [0.2, 0.25) is 0 Å². The maximum Gasteiger partial charge on any atom is 0.257 e. The van der Waals surface area contributed by atoms with Crippen LogP contribution in [0.1, 0.15) is 44.5 Å². The first-order valence-corrected chi connectivity index (χ1v) is 12.4. The van der Waals surface area contributed by atoms with E-state index in [9.17, 15) is 13.2 Å². The van der Waals surface area contributed by atoms with E-state index in [-0.39, 0.29) is 18.6 Å². The second-order valence-electron chi connectivity index (χ2n) is 9.30. The van der Waals surface area contributed by atoms with Gasteiger partial charge in [0.05, 0.1) is 26.4 Å². The number of hydrogen-bond acceptors (Lipinski definition) is 5. The summed E-state index contributed by atoms with van der Waals surface area (Å²) in [6, 6.07) is 7.28. The molecule has 1 aromatic carbocycles. The van der Waals surface area contributed by atoms with Crippen LogP contribution in [0.15, 0.2) is 53.3 Å². The van der Waals surface area contributed by atoms with Gasteiger partial charge in [-0.1, -0.05) is 24.8 Å². The minimum Gasteiger partial charge on any atom is -0.481 e. The summed E-state index contributed by atoms with van der Waals surface area (Å²) in [4.78, 5) is 9.88. The van der Waals surface area contributed by atoms with Crippen molar-refractivity contribution in [1.82, 2.24) is 20.5 Å². The number of alkyl halides is 3. The lowest BCUT2D eigenvalue weighted by atomic mass is 9.88. The van der Waals surface area contributed by atoms with Gasteiger partial charge < -0.3 is 20.4 Å². The second kappa shape index (κ2) is 12.5. The van der Waals surface area contributed by atoms with Crippen molar-refractivity contribution in [2.75, 3.05) is 40.0 Å². The molecule has 1 aromatic heterocycles. The molecule has 0 aliphatic carbocycles. The number of aliphatic imine (C=N–C) groups is 1. The maximum atomic E-state index is 14.3. The predicted molar refractivity (Wildman–Crippen MR) is 140 cm³/mol. The molecule has 1 aliphatic heterocycles. The zero-order chi connectivity index (χ0) is 26.3. The number of ether oxygens (including phenoxy) is 1. The minimum atomic E-state index is -2.88. The van der Waals surface area contributed by atoms with Crippen LogP contribution in [0.4, 0.5) is 13.2 Å². The quantitative estimate of drug-likeness (QED) is 0.213. The van der Waals surface area contributed by atoms with Crippen LogP contribution in [0, 0.1) is 0 Å². The first-order valence-electron chi connectivity index (χ1n) is 12.4. The summed E-state index contributed by atoms with van der Waals surface area (Å²) in [5, 5.41) is 7.47. The number of aromatic nitrogens is 1. The molecular weight excluding hydrogens is 467 g/mol. The van der Waals surface area contributed by atoms with Crippen LogP contribution in [0.25, 0.3) is 10.9 Å². The summed E-state index contributed by atoms with van der Waals surface area (Å²) in [5.74, 6) is -2.03. The number of allylic oxidation sites excluding steroid dienone is 1. The van der Waals surface area contributed by atoms with Crippen LogP contribution >= 0.6 is 0 Å². The van der Waals surface area contributed by atoms with Crippen molar-refractivity contribution in [3.63, 3.8) is 0 Å². The van der Waals surface area contributed by atoms with Crippen molar-refractivity contribution in [2.45, 2.75) is 51.6 Å². The first-order chi connectivity index (χ1) is 17.2. The molecule has 9 heteroatoms. The van der Waals surface area contributed by atoms with Crippen molar-refractivity contribution < 1.29 is 17.9 Å². The van der Waals surface area contributed by atoms with Crippen molar-refractivity contribution in [2.24, 2.45) is 4.99 Å². The van der Waals surface area contributed by atoms with E-state index in [1.54, 1.807) is 4.90 Å². The van der Waals surface area contributed by atoms with E-state index in [0.29, 0.717) is 43.9 Å². The van der Waals surface area contributed by atoms with E-state index in [0.717, 1.165) is 29.1 Å². The molecular formula is C27H38F3N5O. The fraction of sp³-hybridized carbons (Fsp3) is 0.519. The number of aromatic amines is 1. The number of H-pyrrole nitrogens is 1. The normalized spacial score (nSPS) is 19.4. The number of rotatable bonds is 12. The molecule has 3 N–H and O–H groups in total. The highest BCUT2D eigenvalue weighted by Gasteiger charge is 2.41. The average Bonchev–Trinajstić information content (AvgIpc) is 3.20. The molecule has 198 valence electrons. The van der Waals surface area contributed by atoms with Gasteiger partial charge in [-0.3, -0.25) is 9.29 Å². The van der Waals surface area contributed by atoms with Gasteiger partial charge in [0, 0.05) is 48.2 Å². The fourth-order valence-corrected chi connectivity index (χ4v) is 4.73. The van der Waals surface area contributed by atoms with Crippen LogP contribution in [-0.4, -0.2) is 67.7 Å². The van der Waals surface area contributed by atoms with Crippen LogP contribution in [0.3, 0.4) is 0 Å². The van der Waals surface area contributed by atoms with E-state index in [2.05, 4.69) is 33.3 Å². The summed E-state index contributed by atoms with van der Waals surface area (Å²) in [6.07, 6.45) is 2.94. The molecule has 0 fully saturated rings. The number of fused-ring (bicyclic) bond motifs is 3. The van der Waals surface area contributed by atoms with E-state index in [1.165, 1.54) is 7.11 Å². The minimum absolute atomic E-state index is 0.142. The van der Waals surface area contributed by atoms with Gasteiger partial charge in [0.1, 0.15) is 5.82 Å². The number of hydrogen-bond donors (Lipinski definition) is 3. The maximum absolute atomic E-state index is 14.3. The molecule has 2 heterocycles. The molecule has 3 rings (SSSR count). The smallest absolute Gasteiger partial charge is 0.257 e. The SMILES string of the molecule is C=C(C(=N/C(=C\C)NCCNCCCF)OC)[C@@H]1c2[nH]c3ccccc3c2C[C@@H](C)N1CC(C)(F)F. The Hall–Kier alpha value is -2.78. The molecule has 2 atom stereocenters. The molecule has 6 nitrogen and oxygen atoms in total. The molecule has 0 saturated heterocycles. The van der Waals surface area contributed by atoms with E-state index in [4.69, 9.17) is 4.74 Å². The third-order valence-corrected chi connectivity index (χ3v) is 6.37. The van der Waals surface area contributed by atoms with Crippen molar-refractivity contribution in [1.29, 1.82) is 0 Å². The third-order valence-electron chi connectivity index (χ3n) is 6.37. The summed E-state index contributed by atoms with van der Waals surface area (Å²) in [7, 11) is 1.51. The molecule has 0 spiro atoms. The lowest BCUT2D eigenvalue weighted by molar-refractivity contribution is -0.0366. The van der Waals surface area contributed by atoms with Crippen molar-refractivity contribution in [3.05, 3.63) is 59.6 Å². The van der Waals surface area contributed by atoms with E-state index >= 15 is 0 Å². The van der Waals surface area contributed by atoms with Gasteiger partial charge in [-0.25, -0.2) is 8.78 Å². The van der Waals surface area contributed by atoms with Gasteiger partial charge in [-0.05, 0) is 50.9 Å². The van der Waals surface area contributed by atoms with Gasteiger partial charge in [0.25, 0.3) is 5.92 Å². The standard InChI is InChI=1S/C27H38F3N5O/c1-6-23(32-15-14-31-13-9-12-28)34-26(36-5)19(3)25-24-21(20-10-7-8-11-22(20)33-24)16-18(2)35(25)17-27(4,29)30/h6-8,10-11,18,25,31-33H,3,9,12-17H2,1-2,4-5H3/b23-6-,34-26?/t18-,25-/m1/s1. The topological polar surface area (TPSA) is 64.7 Å². The molecule has 0 unspecified atom stereocenters. The Morgan fingerprint density at radius 1 is 1.31 bits per heavy atom. The largest absolute Gasteiger partial charge is 0.481 e. The molecule has 1 aliphatic rings. The van der Waals surface area contributed by atoms with E-state index in [1.807, 2.05) is 38.1 Å². The number of nitrogens with one attached hydrogen (secondary N) is 3. The molecule has 0 bridgehead atoms. The monoisotopic (exact) mass is 505 g/mol. The third kappa shape index (κ3) is 6.70. The van der Waals surface area contributed by atoms with Crippen LogP contribution in [-0.2, 0) is 11.2 Å². The molecule has 36 heavy (non-hydrogen) atoms. The zero-order valence-electron chi connectivity index (χ0n) is 21.6. The number of nitrogens with zero attached hydrogens (tertiary/aromatic N) is 2. The average molecular weight is 506 g/mol. The van der Waals surface area contributed by atoms with Gasteiger partial charge in [0.15, 0.2) is 0 Å². The van der Waals surface area contributed by atoms with E-state index < -0.39 is 18.5 Å². The van der Waals surface area contributed by atoms with Crippen LogP contribution in [0.5, 0.6) is 0 Å². The summed E-state index contributed by atoms with van der Waals surface area (Å²) in [5.41, 5.74) is 3.42. The van der Waals surface area contributed by atoms with Crippen LogP contribution < -0.4 is 10.6 Å². The Morgan fingerprint density at radius 3 is 2.72 bits per heavy atom. The van der Waals surface area contributed by atoms with Gasteiger partial charge in [0.2, 0.25) is 5.90 Å². The number of methoxy groups -OCH3 is 1. The highest BCUT2D eigenvalue weighted by molar-refractivity contribution is 5.96. The van der Waals surface area contributed by atoms with Gasteiger partial charge in [-0.15, -0.1) is 0 Å². The highest BCUT2D eigenvalue weighted by atomic mass is 19.3. The Kier molecular flexibility index (Phi) is 9.62. The Bertz CT molecular complexity index is 1090. The second-order valence-corrected chi connectivity index (χ2v) is 9.30. The number of halogens is 3. The van der Waals surface area contributed by atoms with Gasteiger partial charge in [-0.2, -0.15) is 4.99 Å². The molecule has 0 saturated carbocycles. The van der Waals surface area contributed by atoms with Gasteiger partial charge >= 0.3 is 0 Å². The number of benzene rings is 1. The predicted octanol–water partition coefficient (Wildman–Crippen LogP) is 5.11. The number of para-hydroxylation sites is 1. The first kappa shape index (κ1) is 27.8. The summed E-state index contributed by atoms with van der Waals surface area (Å²) >= 11 is 0. The lowest BCUT2D eigenvalue weighted by Crippen LogP contribution is -2.48. The Balaban J connectivity index is 1.92. The Labute approximate surface area is 211 Å². The molecule has 2 aromatic rings. The van der Waals surface area contributed by atoms with Crippen molar-refractivity contribution in [3.8, 4) is 0 Å². The highest BCUT2D eigenvalue weighted by Crippen LogP contribution is 2.42. The van der Waals surface area contributed by atoms with Crippen molar-refractivity contribution >= 4 is 16.8 Å². The summed E-state index contributed by atoms with van der Waals surface area (Å²) in [6.45, 7) is 10.1. The Morgan fingerprint density at radius 2 is 2.06 bits per heavy atom. The fourth-order valence-electron chi connectivity index (χ4n) is 4.73. The lowest BCUT2D eigenvalue weighted by Gasteiger charge is -2.42. The molecule has 0 amide bonds. The summed E-state index contributed by atoms with van der Waals surface area (Å²) < 4.78 is 46.5. The molecule has 0 radical (unpaired) electrons.